The van der Waals surface area contributed by atoms with Crippen LogP contribution in [0, 0.1) is 0 Å². The van der Waals surface area contributed by atoms with Crippen LogP contribution in [0.2, 0.25) is 0 Å². The number of nitrogens with two attached hydrogens (primary N) is 1. The van der Waals surface area contributed by atoms with Gasteiger partial charge in [-0.15, -0.1) is 11.3 Å². The molecule has 6 nitrogen and oxygen atoms in total. The Kier molecular flexibility index (Phi) is 3.64. The zero-order valence-corrected chi connectivity index (χ0v) is 12.8. The fourth-order valence-corrected chi connectivity index (χ4v) is 3.11. The molecule has 1 amide bonds. The molecule has 0 saturated heterocycles. The number of thiophene rings is 1. The molecule has 0 atom stereocenters. The van der Waals surface area contributed by atoms with E-state index in [1.807, 2.05) is 20.8 Å². The lowest BCUT2D eigenvalue weighted by atomic mass is 10.2. The van der Waals surface area contributed by atoms with Crippen molar-refractivity contribution >= 4 is 29.1 Å². The molecule has 0 aliphatic carbocycles. The van der Waals surface area contributed by atoms with Crippen LogP contribution >= 0.6 is 11.3 Å². The van der Waals surface area contributed by atoms with Gasteiger partial charge in [0.15, 0.2) is 0 Å². The number of rotatable bonds is 1. The number of hydrogen-bond donors (Lipinski definition) is 1. The smallest absolute Gasteiger partial charge is 0.410 e. The summed E-state index contributed by atoms with van der Waals surface area (Å²) in [4.78, 5) is 26.4. The highest BCUT2D eigenvalue weighted by molar-refractivity contribution is 7.14. The summed E-state index contributed by atoms with van der Waals surface area (Å²) >= 11 is 1.27. The maximum atomic E-state index is 12.0. The fourth-order valence-electron chi connectivity index (χ4n) is 1.95. The number of nitrogens with zero attached hydrogens (tertiary/aromatic N) is 1. The molecule has 7 heteroatoms. The van der Waals surface area contributed by atoms with E-state index < -0.39 is 11.6 Å². The van der Waals surface area contributed by atoms with Crippen LogP contribution in [0.4, 0.5) is 10.5 Å². The van der Waals surface area contributed by atoms with Crippen molar-refractivity contribution in [2.24, 2.45) is 0 Å². The van der Waals surface area contributed by atoms with Crippen molar-refractivity contribution in [3.8, 4) is 0 Å². The topological polar surface area (TPSA) is 81.9 Å². The monoisotopic (exact) mass is 298 g/mol. The minimum Gasteiger partial charge on any atom is -0.465 e. The predicted molar refractivity (Wildman–Crippen MR) is 75.6 cm³/mol. The molecule has 2 rings (SSSR count). The van der Waals surface area contributed by atoms with Crippen LogP contribution in [0.5, 0.6) is 0 Å². The number of methoxy groups -OCH3 is 1. The highest BCUT2D eigenvalue weighted by atomic mass is 32.1. The Morgan fingerprint density at radius 3 is 2.45 bits per heavy atom. The summed E-state index contributed by atoms with van der Waals surface area (Å²) < 4.78 is 10.0. The van der Waals surface area contributed by atoms with Gasteiger partial charge >= 0.3 is 12.1 Å². The first-order chi connectivity index (χ1) is 9.23. The third-order valence-corrected chi connectivity index (χ3v) is 4.05. The van der Waals surface area contributed by atoms with Crippen molar-refractivity contribution in [3.63, 3.8) is 0 Å². The minimum absolute atomic E-state index is 0.365. The van der Waals surface area contributed by atoms with Gasteiger partial charge in [-0.25, -0.2) is 9.59 Å². The van der Waals surface area contributed by atoms with E-state index in [1.165, 1.54) is 18.4 Å². The molecule has 0 bridgehead atoms. The molecule has 1 aromatic rings. The molecule has 20 heavy (non-hydrogen) atoms. The summed E-state index contributed by atoms with van der Waals surface area (Å²) in [5, 5.41) is 0. The van der Waals surface area contributed by atoms with Gasteiger partial charge in [0.2, 0.25) is 0 Å². The van der Waals surface area contributed by atoms with Gasteiger partial charge in [-0.3, -0.25) is 4.90 Å². The maximum Gasteiger partial charge on any atom is 0.410 e. The molecule has 1 aromatic heterocycles. The Morgan fingerprint density at radius 1 is 1.30 bits per heavy atom. The minimum atomic E-state index is -0.532. The number of carbonyl (C=O) groups excluding carboxylic acids is 2. The molecule has 0 radical (unpaired) electrons. The quantitative estimate of drug-likeness (QED) is 0.805. The molecule has 2 heterocycles. The number of anilines is 1. The number of nitrogen functional groups attached to an aromatic ring is 1. The number of amides is 1. The van der Waals surface area contributed by atoms with E-state index in [0.717, 1.165) is 10.4 Å². The first-order valence-electron chi connectivity index (χ1n) is 6.19. The van der Waals surface area contributed by atoms with Crippen LogP contribution in [-0.2, 0) is 22.6 Å². The van der Waals surface area contributed by atoms with Gasteiger partial charge < -0.3 is 15.2 Å². The Bertz CT molecular complexity index is 559. The molecular formula is C13H18N2O4S. The van der Waals surface area contributed by atoms with Crippen molar-refractivity contribution < 1.29 is 19.1 Å². The first kappa shape index (κ1) is 14.6. The summed E-state index contributed by atoms with van der Waals surface area (Å²) in [7, 11) is 1.32. The predicted octanol–water partition coefficient (Wildman–Crippen LogP) is 2.37. The average molecular weight is 298 g/mol. The normalized spacial score (nSPS) is 14.1. The summed E-state index contributed by atoms with van der Waals surface area (Å²) in [6, 6.07) is 0. The molecular weight excluding hydrogens is 280 g/mol. The lowest BCUT2D eigenvalue weighted by Crippen LogP contribution is -2.33. The second-order valence-electron chi connectivity index (χ2n) is 5.57. The second-order valence-corrected chi connectivity index (χ2v) is 6.68. The van der Waals surface area contributed by atoms with E-state index in [2.05, 4.69) is 4.74 Å². The van der Waals surface area contributed by atoms with Gasteiger partial charge in [-0.05, 0) is 20.8 Å². The molecule has 110 valence electrons. The van der Waals surface area contributed by atoms with Crippen LogP contribution in [0.1, 0.15) is 40.9 Å². The van der Waals surface area contributed by atoms with Gasteiger partial charge in [0.25, 0.3) is 0 Å². The highest BCUT2D eigenvalue weighted by Crippen LogP contribution is 2.38. The van der Waals surface area contributed by atoms with Gasteiger partial charge in [0, 0.05) is 10.4 Å². The summed E-state index contributed by atoms with van der Waals surface area (Å²) in [6.07, 6.45) is -0.375. The molecule has 0 spiro atoms. The van der Waals surface area contributed by atoms with Crippen LogP contribution < -0.4 is 5.73 Å². The molecule has 0 aromatic carbocycles. The Balaban J connectivity index is 2.13. The van der Waals surface area contributed by atoms with E-state index >= 15 is 0 Å². The van der Waals surface area contributed by atoms with E-state index in [0.29, 0.717) is 23.7 Å². The molecule has 0 fully saturated rings. The van der Waals surface area contributed by atoms with Crippen molar-refractivity contribution in [1.82, 2.24) is 4.90 Å². The van der Waals surface area contributed by atoms with E-state index in [9.17, 15) is 9.59 Å². The van der Waals surface area contributed by atoms with Crippen molar-refractivity contribution in [2.45, 2.75) is 39.5 Å². The van der Waals surface area contributed by atoms with Crippen molar-refractivity contribution in [1.29, 1.82) is 0 Å². The Morgan fingerprint density at radius 2 is 1.95 bits per heavy atom. The Labute approximate surface area is 121 Å². The standard InChI is InChI=1S/C13H18N2O4S/c1-13(2,3)19-12(17)15-5-7-8(6-15)20-10(9(7)14)11(16)18-4/h5-6,14H2,1-4H3. The number of ether oxygens (including phenoxy) is 2. The number of carbonyl (C=O) groups is 2. The molecule has 2 N–H and O–H groups in total. The summed E-state index contributed by atoms with van der Waals surface area (Å²) in [5.74, 6) is -0.439. The van der Waals surface area contributed by atoms with Gasteiger partial charge in [0.05, 0.1) is 25.9 Å². The van der Waals surface area contributed by atoms with Gasteiger partial charge in [-0.1, -0.05) is 0 Å². The van der Waals surface area contributed by atoms with Gasteiger partial charge in [-0.2, -0.15) is 0 Å². The second kappa shape index (κ2) is 4.97. The molecule has 1 aliphatic heterocycles. The number of hydrogen-bond acceptors (Lipinski definition) is 6. The lowest BCUT2D eigenvalue weighted by Gasteiger charge is -2.24. The van der Waals surface area contributed by atoms with E-state index in [-0.39, 0.29) is 6.09 Å². The SMILES string of the molecule is COC(=O)c1sc2c(c1N)CN(C(=O)OC(C)(C)C)C2. The molecule has 0 unspecified atom stereocenters. The van der Waals surface area contributed by atoms with Crippen molar-refractivity contribution in [3.05, 3.63) is 15.3 Å². The van der Waals surface area contributed by atoms with E-state index in [4.69, 9.17) is 10.5 Å². The van der Waals surface area contributed by atoms with Crippen LogP contribution in [0.25, 0.3) is 0 Å². The van der Waals surface area contributed by atoms with Gasteiger partial charge in [0.1, 0.15) is 10.5 Å². The lowest BCUT2D eigenvalue weighted by molar-refractivity contribution is 0.0243. The first-order valence-corrected chi connectivity index (χ1v) is 7.01. The third-order valence-electron chi connectivity index (χ3n) is 2.84. The summed E-state index contributed by atoms with van der Waals surface area (Å²) in [5.41, 5.74) is 6.65. The average Bonchev–Trinajstić information content (AvgIpc) is 2.86. The molecule has 0 saturated carbocycles. The summed E-state index contributed by atoms with van der Waals surface area (Å²) in [6.45, 7) is 6.24. The largest absolute Gasteiger partial charge is 0.465 e. The zero-order valence-electron chi connectivity index (χ0n) is 12.0. The zero-order chi connectivity index (χ0) is 15.1. The third kappa shape index (κ3) is 2.72. The number of esters is 1. The Hall–Kier alpha value is -1.76. The van der Waals surface area contributed by atoms with Crippen LogP contribution in [0.15, 0.2) is 0 Å². The van der Waals surface area contributed by atoms with Crippen LogP contribution in [-0.4, -0.2) is 29.7 Å². The van der Waals surface area contributed by atoms with E-state index in [1.54, 1.807) is 4.90 Å². The molecule has 1 aliphatic rings. The van der Waals surface area contributed by atoms with Crippen LogP contribution in [0.3, 0.4) is 0 Å². The fraction of sp³-hybridized carbons (Fsp3) is 0.538. The number of fused-ring (bicyclic) bond motifs is 1. The maximum absolute atomic E-state index is 12.0. The highest BCUT2D eigenvalue weighted by Gasteiger charge is 2.33. The van der Waals surface area contributed by atoms with Crippen molar-refractivity contribution in [2.75, 3.05) is 12.8 Å².